The molecule has 1 N–H and O–H groups in total. The van der Waals surface area contributed by atoms with Crippen LogP contribution < -0.4 is 0 Å². The molecule has 0 aliphatic carbocycles. The average Bonchev–Trinajstić information content (AvgIpc) is 2.75. The lowest BCUT2D eigenvalue weighted by Crippen LogP contribution is -1.90. The molecule has 0 atom stereocenters. The van der Waals surface area contributed by atoms with E-state index in [1.54, 1.807) is 6.20 Å². The summed E-state index contributed by atoms with van der Waals surface area (Å²) in [5.41, 5.74) is 2.40. The number of hydrogen-bond donors (Lipinski definition) is 1. The zero-order valence-electron chi connectivity index (χ0n) is 7.23. The molecule has 0 radical (unpaired) electrons. The van der Waals surface area contributed by atoms with Crippen molar-refractivity contribution in [1.29, 1.82) is 0 Å². The highest BCUT2D eigenvalue weighted by molar-refractivity contribution is 7.03. The van der Waals surface area contributed by atoms with Crippen molar-refractivity contribution >= 4 is 11.5 Å². The molecule has 0 spiro atoms. The molecule has 0 saturated carbocycles. The normalized spacial score (nSPS) is 10.5. The Labute approximate surface area is 81.0 Å². The fraction of sp³-hybridized carbons (Fsp3) is 0.333. The molecule has 0 bridgehead atoms. The van der Waals surface area contributed by atoms with E-state index in [0.29, 0.717) is 0 Å². The topological polar surface area (TPSA) is 41.6 Å². The van der Waals surface area contributed by atoms with E-state index in [4.69, 9.17) is 0 Å². The third kappa shape index (κ3) is 2.39. The largest absolute Gasteiger partial charge is 0.283 e. The van der Waals surface area contributed by atoms with E-state index in [1.165, 1.54) is 22.9 Å². The van der Waals surface area contributed by atoms with E-state index in [-0.39, 0.29) is 0 Å². The van der Waals surface area contributed by atoms with E-state index in [0.717, 1.165) is 19.3 Å². The number of aromatic nitrogens is 3. The molecule has 2 aromatic rings. The summed E-state index contributed by atoms with van der Waals surface area (Å²) >= 11 is 1.52. The number of rotatable bonds is 4. The molecule has 3 nitrogen and oxygen atoms in total. The first kappa shape index (κ1) is 8.44. The Morgan fingerprint density at radius 2 is 2.31 bits per heavy atom. The minimum absolute atomic E-state index is 1.05. The minimum Gasteiger partial charge on any atom is -0.283 e. The molecular weight excluding hydrogens is 182 g/mol. The lowest BCUT2D eigenvalue weighted by atomic mass is 10.1. The number of aromatic amines is 1. The predicted molar refractivity (Wildman–Crippen MR) is 52.7 cm³/mol. The van der Waals surface area contributed by atoms with Gasteiger partial charge in [0.2, 0.25) is 0 Å². The highest BCUT2D eigenvalue weighted by Crippen LogP contribution is 2.05. The Hall–Kier alpha value is -1.16. The molecule has 2 heterocycles. The summed E-state index contributed by atoms with van der Waals surface area (Å²) in [5.74, 6) is 0. The summed E-state index contributed by atoms with van der Waals surface area (Å²) in [5, 5.41) is 8.87. The number of hydrogen-bond acceptors (Lipinski definition) is 3. The summed E-state index contributed by atoms with van der Waals surface area (Å²) in [6.07, 6.45) is 5.03. The van der Waals surface area contributed by atoms with Crippen molar-refractivity contribution in [2.45, 2.75) is 19.3 Å². The van der Waals surface area contributed by atoms with Gasteiger partial charge in [-0.2, -0.15) is 9.47 Å². The molecule has 68 valence electrons. The van der Waals surface area contributed by atoms with Crippen LogP contribution in [-0.4, -0.2) is 14.6 Å². The van der Waals surface area contributed by atoms with E-state index in [9.17, 15) is 0 Å². The van der Waals surface area contributed by atoms with Crippen LogP contribution in [-0.2, 0) is 12.8 Å². The molecule has 0 aromatic carbocycles. The van der Waals surface area contributed by atoms with Crippen molar-refractivity contribution in [2.24, 2.45) is 0 Å². The number of aryl methyl sites for hydroxylation is 2. The third-order valence-corrected chi connectivity index (χ3v) is 2.53. The maximum Gasteiger partial charge on any atom is 0.0542 e. The zero-order valence-corrected chi connectivity index (χ0v) is 8.05. The van der Waals surface area contributed by atoms with Crippen molar-refractivity contribution in [1.82, 2.24) is 14.6 Å². The number of nitrogens with one attached hydrogen (secondary N) is 1. The summed E-state index contributed by atoms with van der Waals surface area (Å²) in [6, 6.07) is 4.10. The molecule has 0 unspecified atom stereocenters. The van der Waals surface area contributed by atoms with Gasteiger partial charge in [-0.25, -0.2) is 0 Å². The van der Waals surface area contributed by atoms with Crippen molar-refractivity contribution in [3.8, 4) is 0 Å². The summed E-state index contributed by atoms with van der Waals surface area (Å²) in [4.78, 5) is 0. The molecular formula is C9H11N3S. The van der Waals surface area contributed by atoms with Gasteiger partial charge in [-0.3, -0.25) is 5.10 Å². The van der Waals surface area contributed by atoms with Gasteiger partial charge in [0.1, 0.15) is 0 Å². The number of H-pyrrole nitrogens is 1. The Morgan fingerprint density at radius 1 is 1.31 bits per heavy atom. The SMILES string of the molecule is c1cc(CCCc2ccsn2)[nH]n1. The molecule has 4 heteroatoms. The van der Waals surface area contributed by atoms with Crippen molar-refractivity contribution in [3.63, 3.8) is 0 Å². The molecule has 0 amide bonds. The maximum atomic E-state index is 4.25. The quantitative estimate of drug-likeness (QED) is 0.807. The third-order valence-electron chi connectivity index (χ3n) is 1.93. The zero-order chi connectivity index (χ0) is 8.93. The summed E-state index contributed by atoms with van der Waals surface area (Å²) in [7, 11) is 0. The molecule has 2 aromatic heterocycles. The Bertz CT molecular complexity index is 291. The maximum absolute atomic E-state index is 4.25. The smallest absolute Gasteiger partial charge is 0.0542 e. The van der Waals surface area contributed by atoms with Gasteiger partial charge in [-0.15, -0.1) is 0 Å². The molecule has 0 aliphatic rings. The van der Waals surface area contributed by atoms with Crippen LogP contribution in [0.2, 0.25) is 0 Å². The minimum atomic E-state index is 1.05. The van der Waals surface area contributed by atoms with Gasteiger partial charge in [0.05, 0.1) is 5.69 Å². The summed E-state index contributed by atoms with van der Waals surface area (Å²) in [6.45, 7) is 0. The van der Waals surface area contributed by atoms with Crippen LogP contribution in [0.4, 0.5) is 0 Å². The molecule has 0 saturated heterocycles. The van der Waals surface area contributed by atoms with Crippen LogP contribution in [0.5, 0.6) is 0 Å². The van der Waals surface area contributed by atoms with Crippen molar-refractivity contribution in [3.05, 3.63) is 35.1 Å². The first-order valence-electron chi connectivity index (χ1n) is 4.32. The monoisotopic (exact) mass is 193 g/mol. The van der Waals surface area contributed by atoms with Crippen LogP contribution >= 0.6 is 11.5 Å². The average molecular weight is 193 g/mol. The van der Waals surface area contributed by atoms with E-state index in [1.807, 2.05) is 11.4 Å². The van der Waals surface area contributed by atoms with Crippen LogP contribution in [0, 0.1) is 0 Å². The van der Waals surface area contributed by atoms with Gasteiger partial charge in [0.25, 0.3) is 0 Å². The van der Waals surface area contributed by atoms with E-state index in [2.05, 4.69) is 20.6 Å². The van der Waals surface area contributed by atoms with Gasteiger partial charge < -0.3 is 0 Å². The Kier molecular flexibility index (Phi) is 2.72. The van der Waals surface area contributed by atoms with Crippen LogP contribution in [0.3, 0.4) is 0 Å². The van der Waals surface area contributed by atoms with Crippen molar-refractivity contribution in [2.75, 3.05) is 0 Å². The van der Waals surface area contributed by atoms with Crippen LogP contribution in [0.1, 0.15) is 17.8 Å². The van der Waals surface area contributed by atoms with E-state index >= 15 is 0 Å². The first-order valence-corrected chi connectivity index (χ1v) is 5.16. The van der Waals surface area contributed by atoms with Gasteiger partial charge >= 0.3 is 0 Å². The standard InChI is InChI=1S/C9H11N3S/c1(2-8-4-6-10-11-8)3-9-5-7-13-12-9/h4-7H,1-3H2,(H,10,11). The fourth-order valence-electron chi connectivity index (χ4n) is 1.25. The molecule has 0 aliphatic heterocycles. The molecule has 2 rings (SSSR count). The highest BCUT2D eigenvalue weighted by atomic mass is 32.1. The van der Waals surface area contributed by atoms with Gasteiger partial charge in [0, 0.05) is 17.3 Å². The van der Waals surface area contributed by atoms with E-state index < -0.39 is 0 Å². The predicted octanol–water partition coefficient (Wildman–Crippen LogP) is 2.04. The van der Waals surface area contributed by atoms with Crippen molar-refractivity contribution < 1.29 is 0 Å². The lowest BCUT2D eigenvalue weighted by molar-refractivity contribution is 0.783. The molecule has 0 fully saturated rings. The lowest BCUT2D eigenvalue weighted by Gasteiger charge is -1.94. The Morgan fingerprint density at radius 3 is 3.00 bits per heavy atom. The van der Waals surface area contributed by atoms with Crippen LogP contribution in [0.25, 0.3) is 0 Å². The van der Waals surface area contributed by atoms with Gasteiger partial charge in [0.15, 0.2) is 0 Å². The highest BCUT2D eigenvalue weighted by Gasteiger charge is 1.97. The number of nitrogens with zero attached hydrogens (tertiary/aromatic N) is 2. The summed E-state index contributed by atoms with van der Waals surface area (Å²) < 4.78 is 4.25. The van der Waals surface area contributed by atoms with Gasteiger partial charge in [-0.1, -0.05) is 0 Å². The second-order valence-electron chi connectivity index (χ2n) is 2.93. The second-order valence-corrected chi connectivity index (χ2v) is 3.59. The second kappa shape index (κ2) is 4.18. The fourth-order valence-corrected chi connectivity index (χ4v) is 1.82. The van der Waals surface area contributed by atoms with Crippen LogP contribution in [0.15, 0.2) is 23.7 Å². The first-order chi connectivity index (χ1) is 6.45. The molecule has 13 heavy (non-hydrogen) atoms. The van der Waals surface area contributed by atoms with Gasteiger partial charge in [-0.05, 0) is 42.9 Å². The Balaban J connectivity index is 1.76.